The molecule has 2 aliphatic rings. The first kappa shape index (κ1) is 20.4. The van der Waals surface area contributed by atoms with E-state index in [9.17, 15) is 12.8 Å². The highest BCUT2D eigenvalue weighted by Crippen LogP contribution is 2.28. The zero-order valence-corrected chi connectivity index (χ0v) is 15.5. The van der Waals surface area contributed by atoms with Gasteiger partial charge in [0.15, 0.2) is 11.6 Å². The Morgan fingerprint density at radius 1 is 1.36 bits per heavy atom. The molecule has 2 atom stereocenters. The van der Waals surface area contributed by atoms with Gasteiger partial charge in [-0.3, -0.25) is 0 Å². The van der Waals surface area contributed by atoms with Crippen molar-refractivity contribution in [2.45, 2.75) is 30.2 Å². The summed E-state index contributed by atoms with van der Waals surface area (Å²) in [4.78, 5) is -0.0584. The first-order valence-electron chi connectivity index (χ1n) is 8.24. The third-order valence-electron chi connectivity index (χ3n) is 4.60. The molecule has 25 heavy (non-hydrogen) atoms. The molecule has 6 nitrogen and oxygen atoms in total. The molecule has 2 heterocycles. The lowest BCUT2D eigenvalue weighted by Crippen LogP contribution is -2.39. The number of halogens is 2. The number of sulfonamides is 1. The van der Waals surface area contributed by atoms with Crippen LogP contribution in [0.2, 0.25) is 0 Å². The Balaban J connectivity index is 0.00000225. The Bertz CT molecular complexity index is 683. The molecule has 1 aromatic rings. The zero-order valence-electron chi connectivity index (χ0n) is 13.9. The third-order valence-corrected chi connectivity index (χ3v) is 6.55. The minimum absolute atomic E-state index is 0. The molecule has 142 valence electrons. The fraction of sp³-hybridized carbons (Fsp3) is 0.625. The Kier molecular flexibility index (Phi) is 7.04. The predicted molar refractivity (Wildman–Crippen MR) is 94.0 cm³/mol. The smallest absolute Gasteiger partial charge is 0.243 e. The second-order valence-electron chi connectivity index (χ2n) is 6.28. The van der Waals surface area contributed by atoms with E-state index in [2.05, 4.69) is 0 Å². The predicted octanol–water partition coefficient (Wildman–Crippen LogP) is 1.77. The highest BCUT2D eigenvalue weighted by atomic mass is 35.5. The normalized spacial score (nSPS) is 24.2. The maximum Gasteiger partial charge on any atom is 0.243 e. The topological polar surface area (TPSA) is 81.9 Å². The van der Waals surface area contributed by atoms with Crippen molar-refractivity contribution in [2.75, 3.05) is 32.9 Å². The van der Waals surface area contributed by atoms with Gasteiger partial charge in [-0.25, -0.2) is 12.8 Å². The molecule has 0 bridgehead atoms. The van der Waals surface area contributed by atoms with Crippen LogP contribution in [0.3, 0.4) is 0 Å². The summed E-state index contributed by atoms with van der Waals surface area (Å²) in [7, 11) is -3.73. The minimum Gasteiger partial charge on any atom is -0.490 e. The van der Waals surface area contributed by atoms with Gasteiger partial charge < -0.3 is 15.2 Å². The molecule has 3 rings (SSSR count). The number of hydrogen-bond acceptors (Lipinski definition) is 5. The molecule has 0 spiro atoms. The number of nitrogens with zero attached hydrogens (tertiary/aromatic N) is 1. The Hall–Kier alpha value is -0.930. The van der Waals surface area contributed by atoms with Crippen LogP contribution in [-0.4, -0.2) is 51.7 Å². The van der Waals surface area contributed by atoms with Gasteiger partial charge in [0.25, 0.3) is 0 Å². The number of rotatable bonds is 6. The quantitative estimate of drug-likeness (QED) is 0.795. The van der Waals surface area contributed by atoms with E-state index >= 15 is 0 Å². The molecule has 0 radical (unpaired) electrons. The maximum atomic E-state index is 14.3. The van der Waals surface area contributed by atoms with Gasteiger partial charge in [-0.2, -0.15) is 4.31 Å². The van der Waals surface area contributed by atoms with E-state index in [-0.39, 0.29) is 41.6 Å². The van der Waals surface area contributed by atoms with Gasteiger partial charge in [-0.1, -0.05) is 0 Å². The number of nitrogens with two attached hydrogens (primary N) is 1. The minimum atomic E-state index is -3.73. The van der Waals surface area contributed by atoms with E-state index in [1.807, 2.05) is 0 Å². The summed E-state index contributed by atoms with van der Waals surface area (Å²) in [5.74, 6) is -0.348. The first-order chi connectivity index (χ1) is 11.5. The molecular formula is C16H24ClFN2O4S. The van der Waals surface area contributed by atoms with Crippen LogP contribution in [0.4, 0.5) is 4.39 Å². The second kappa shape index (κ2) is 8.64. The standard InChI is InChI=1S/C16H23FN2O4S.ClH/c17-15-8-14(24(20,21)19-6-1-2-13(19)9-18)3-4-16(15)23-11-12-5-7-22-10-12;/h3-4,8,12-13H,1-2,5-7,9-11,18H2;1H. The van der Waals surface area contributed by atoms with Crippen LogP contribution in [-0.2, 0) is 14.8 Å². The van der Waals surface area contributed by atoms with Crippen LogP contribution in [0.1, 0.15) is 19.3 Å². The molecule has 0 amide bonds. The van der Waals surface area contributed by atoms with Crippen molar-refractivity contribution in [3.05, 3.63) is 24.0 Å². The fourth-order valence-corrected chi connectivity index (χ4v) is 4.89. The average Bonchev–Trinajstić information content (AvgIpc) is 3.25. The summed E-state index contributed by atoms with van der Waals surface area (Å²) in [6.45, 7) is 2.37. The molecule has 2 aliphatic heterocycles. The summed E-state index contributed by atoms with van der Waals surface area (Å²) in [5.41, 5.74) is 5.64. The van der Waals surface area contributed by atoms with Crippen molar-refractivity contribution < 1.29 is 22.3 Å². The van der Waals surface area contributed by atoms with Crippen LogP contribution in [0.25, 0.3) is 0 Å². The lowest BCUT2D eigenvalue weighted by molar-refractivity contribution is 0.165. The van der Waals surface area contributed by atoms with Crippen molar-refractivity contribution >= 4 is 22.4 Å². The van der Waals surface area contributed by atoms with E-state index in [1.54, 1.807) is 0 Å². The van der Waals surface area contributed by atoms with Gasteiger partial charge in [0.1, 0.15) is 0 Å². The lowest BCUT2D eigenvalue weighted by atomic mass is 10.1. The second-order valence-corrected chi connectivity index (χ2v) is 8.17. The third kappa shape index (κ3) is 4.43. The van der Waals surface area contributed by atoms with Gasteiger partial charge >= 0.3 is 0 Å². The average molecular weight is 395 g/mol. The molecule has 9 heteroatoms. The summed E-state index contributed by atoms with van der Waals surface area (Å²) >= 11 is 0. The van der Waals surface area contributed by atoms with Gasteiger partial charge in [-0.05, 0) is 37.5 Å². The molecule has 0 aliphatic carbocycles. The van der Waals surface area contributed by atoms with E-state index < -0.39 is 15.8 Å². The Morgan fingerprint density at radius 3 is 2.80 bits per heavy atom. The number of hydrogen-bond donors (Lipinski definition) is 1. The highest BCUT2D eigenvalue weighted by Gasteiger charge is 2.34. The molecule has 2 unspecified atom stereocenters. The monoisotopic (exact) mass is 394 g/mol. The highest BCUT2D eigenvalue weighted by molar-refractivity contribution is 7.89. The molecule has 1 aromatic carbocycles. The summed E-state index contributed by atoms with van der Waals surface area (Å²) in [5, 5.41) is 0. The van der Waals surface area contributed by atoms with Gasteiger partial charge in [0.05, 0.1) is 18.1 Å². The van der Waals surface area contributed by atoms with Gasteiger partial charge in [0.2, 0.25) is 10.0 Å². The molecule has 0 aromatic heterocycles. The van der Waals surface area contributed by atoms with Crippen molar-refractivity contribution in [1.82, 2.24) is 4.31 Å². The van der Waals surface area contributed by atoms with Crippen molar-refractivity contribution in [1.29, 1.82) is 0 Å². The largest absolute Gasteiger partial charge is 0.490 e. The maximum absolute atomic E-state index is 14.3. The first-order valence-corrected chi connectivity index (χ1v) is 9.68. The van der Waals surface area contributed by atoms with E-state index in [0.717, 1.165) is 25.3 Å². The van der Waals surface area contributed by atoms with Crippen LogP contribution in [0.15, 0.2) is 23.1 Å². The van der Waals surface area contributed by atoms with Crippen LogP contribution < -0.4 is 10.5 Å². The van der Waals surface area contributed by atoms with Crippen LogP contribution in [0.5, 0.6) is 5.75 Å². The Labute approximate surface area is 153 Å². The van der Waals surface area contributed by atoms with E-state index in [1.165, 1.54) is 16.4 Å². The zero-order chi connectivity index (χ0) is 17.2. The van der Waals surface area contributed by atoms with Crippen molar-refractivity contribution in [3.63, 3.8) is 0 Å². The summed E-state index contributed by atoms with van der Waals surface area (Å²) < 4.78 is 51.7. The van der Waals surface area contributed by atoms with Gasteiger partial charge in [0, 0.05) is 31.7 Å². The van der Waals surface area contributed by atoms with E-state index in [4.69, 9.17) is 15.2 Å². The molecule has 2 fully saturated rings. The van der Waals surface area contributed by atoms with E-state index in [0.29, 0.717) is 26.4 Å². The summed E-state index contributed by atoms with van der Waals surface area (Å²) in [6, 6.07) is 3.59. The molecule has 0 saturated carbocycles. The molecule has 2 saturated heterocycles. The van der Waals surface area contributed by atoms with Crippen molar-refractivity contribution in [2.24, 2.45) is 11.7 Å². The van der Waals surface area contributed by atoms with Gasteiger partial charge in [-0.15, -0.1) is 12.4 Å². The van der Waals surface area contributed by atoms with Crippen LogP contribution in [0, 0.1) is 11.7 Å². The summed E-state index contributed by atoms with van der Waals surface area (Å²) in [6.07, 6.45) is 2.40. The Morgan fingerprint density at radius 2 is 2.16 bits per heavy atom. The van der Waals surface area contributed by atoms with Crippen LogP contribution >= 0.6 is 12.4 Å². The molecular weight excluding hydrogens is 371 g/mol. The van der Waals surface area contributed by atoms with Crippen molar-refractivity contribution in [3.8, 4) is 5.75 Å². The molecule has 2 N–H and O–H groups in total. The number of benzene rings is 1. The fourth-order valence-electron chi connectivity index (χ4n) is 3.18. The number of ether oxygens (including phenoxy) is 2. The lowest BCUT2D eigenvalue weighted by Gasteiger charge is -2.23. The SMILES string of the molecule is Cl.NCC1CCCN1S(=O)(=O)c1ccc(OCC2CCOC2)c(F)c1.